The van der Waals surface area contributed by atoms with E-state index in [0.717, 1.165) is 0 Å². The lowest BCUT2D eigenvalue weighted by Crippen LogP contribution is -2.18. The zero-order valence-corrected chi connectivity index (χ0v) is 19.6. The topological polar surface area (TPSA) is 101 Å². The Morgan fingerprint density at radius 3 is 2.06 bits per heavy atom. The van der Waals surface area contributed by atoms with E-state index in [4.69, 9.17) is 46.9 Å². The molecule has 0 spiro atoms. The van der Waals surface area contributed by atoms with E-state index >= 15 is 0 Å². The average molecular weight is 485 g/mol. The molecule has 0 saturated carbocycles. The first kappa shape index (κ1) is 23.8. The maximum Gasteiger partial charge on any atom is 0.343 e. The molecular formula is C22H22Cl2O8. The first-order valence-electron chi connectivity index (χ1n) is 9.71. The summed E-state index contributed by atoms with van der Waals surface area (Å²) in [5.74, 6) is -1.88. The van der Waals surface area contributed by atoms with E-state index in [0.29, 0.717) is 0 Å². The number of ether oxygens (including phenoxy) is 5. The number of esters is 1. The van der Waals surface area contributed by atoms with Crippen molar-refractivity contribution in [2.24, 2.45) is 0 Å². The van der Waals surface area contributed by atoms with Crippen molar-refractivity contribution in [1.82, 2.24) is 0 Å². The van der Waals surface area contributed by atoms with Crippen LogP contribution in [0.2, 0.25) is 10.0 Å². The Bertz CT molecular complexity index is 1080. The first-order chi connectivity index (χ1) is 15.1. The van der Waals surface area contributed by atoms with Gasteiger partial charge in [0.1, 0.15) is 21.9 Å². The van der Waals surface area contributed by atoms with Crippen LogP contribution in [0, 0.1) is 0 Å². The van der Waals surface area contributed by atoms with Crippen LogP contribution in [0.25, 0.3) is 0 Å². The smallest absolute Gasteiger partial charge is 0.343 e. The van der Waals surface area contributed by atoms with Gasteiger partial charge in [-0.1, -0.05) is 23.2 Å². The van der Waals surface area contributed by atoms with E-state index in [2.05, 4.69) is 0 Å². The summed E-state index contributed by atoms with van der Waals surface area (Å²) in [6.07, 6.45) is -0.856. The molecule has 0 aromatic heterocycles. The molecule has 3 rings (SSSR count). The molecule has 0 radical (unpaired) electrons. The fourth-order valence-corrected chi connectivity index (χ4v) is 3.74. The van der Waals surface area contributed by atoms with E-state index in [1.54, 1.807) is 27.7 Å². The van der Waals surface area contributed by atoms with E-state index in [-0.39, 0.29) is 62.3 Å². The molecule has 0 atom stereocenters. The van der Waals surface area contributed by atoms with Gasteiger partial charge in [-0.15, -0.1) is 0 Å². The number of ketones is 1. The van der Waals surface area contributed by atoms with E-state index in [1.165, 1.54) is 19.2 Å². The normalized spacial score (nSPS) is 12.3. The zero-order valence-electron chi connectivity index (χ0n) is 18.1. The van der Waals surface area contributed by atoms with Crippen molar-refractivity contribution in [1.29, 1.82) is 0 Å². The molecule has 0 fully saturated rings. The van der Waals surface area contributed by atoms with Crippen molar-refractivity contribution < 1.29 is 38.4 Å². The number of benzene rings is 2. The highest BCUT2D eigenvalue weighted by atomic mass is 35.5. The number of carbonyl (C=O) groups is 2. The van der Waals surface area contributed by atoms with Gasteiger partial charge in [-0.05, 0) is 39.8 Å². The van der Waals surface area contributed by atoms with Crippen LogP contribution in [0.1, 0.15) is 54.0 Å². The number of hydrogen-bond donors (Lipinski definition) is 1. The molecular weight excluding hydrogens is 463 g/mol. The number of carbonyl (C=O) groups excluding carboxylic acids is 2. The van der Waals surface area contributed by atoms with Crippen LogP contribution < -0.4 is 18.9 Å². The minimum absolute atomic E-state index is 0.0565. The van der Waals surface area contributed by atoms with Gasteiger partial charge in [0.2, 0.25) is 12.6 Å². The molecule has 172 valence electrons. The van der Waals surface area contributed by atoms with E-state index in [1.807, 2.05) is 0 Å². The fourth-order valence-electron chi connectivity index (χ4n) is 3.13. The standard InChI is InChI=1S/C22H22Cl2O8/c1-9(2)31-20-14(18(26)13-11(25)6-7-12-19(13)30-8-29-12)16(23)21(32-10(3)4)15(17(20)24)22(27)28-5/h6-7,9-10,25H,8H2,1-5H3. The van der Waals surface area contributed by atoms with Gasteiger partial charge in [0.25, 0.3) is 0 Å². The minimum atomic E-state index is -0.819. The van der Waals surface area contributed by atoms with Crippen molar-refractivity contribution in [3.05, 3.63) is 38.9 Å². The van der Waals surface area contributed by atoms with Crippen molar-refractivity contribution in [2.45, 2.75) is 39.9 Å². The summed E-state index contributed by atoms with van der Waals surface area (Å²) in [5.41, 5.74) is -0.567. The third-order valence-electron chi connectivity index (χ3n) is 4.36. The van der Waals surface area contributed by atoms with Crippen molar-refractivity contribution in [3.8, 4) is 28.7 Å². The largest absolute Gasteiger partial charge is 0.507 e. The summed E-state index contributed by atoms with van der Waals surface area (Å²) in [7, 11) is 1.18. The van der Waals surface area contributed by atoms with Crippen LogP contribution >= 0.6 is 23.2 Å². The van der Waals surface area contributed by atoms with Crippen molar-refractivity contribution >= 4 is 35.0 Å². The molecule has 1 N–H and O–H groups in total. The summed E-state index contributed by atoms with van der Waals surface area (Å²) in [6, 6.07) is 2.77. The van der Waals surface area contributed by atoms with E-state index < -0.39 is 24.0 Å². The van der Waals surface area contributed by atoms with Crippen LogP contribution in [0.5, 0.6) is 28.7 Å². The predicted molar refractivity (Wildman–Crippen MR) is 117 cm³/mol. The summed E-state index contributed by atoms with van der Waals surface area (Å²) in [4.78, 5) is 26.2. The van der Waals surface area contributed by atoms with Crippen molar-refractivity contribution in [2.75, 3.05) is 13.9 Å². The monoisotopic (exact) mass is 484 g/mol. The maximum absolute atomic E-state index is 13.7. The Balaban J connectivity index is 2.36. The van der Waals surface area contributed by atoms with Gasteiger partial charge in [0.05, 0.1) is 29.9 Å². The predicted octanol–water partition coefficient (Wildman–Crippen LogP) is 5.02. The Hall–Kier alpha value is -2.84. The molecule has 0 saturated heterocycles. The number of methoxy groups -OCH3 is 1. The van der Waals surface area contributed by atoms with Crippen molar-refractivity contribution in [3.63, 3.8) is 0 Å². The highest BCUT2D eigenvalue weighted by molar-refractivity contribution is 6.42. The molecule has 1 aliphatic heterocycles. The number of fused-ring (bicyclic) bond motifs is 1. The first-order valence-corrected chi connectivity index (χ1v) is 10.5. The van der Waals surface area contributed by atoms with Gasteiger partial charge in [0, 0.05) is 0 Å². The third-order valence-corrected chi connectivity index (χ3v) is 5.08. The number of phenolic OH excluding ortho intramolecular Hbond substituents is 1. The van der Waals surface area contributed by atoms with Gasteiger partial charge >= 0.3 is 5.97 Å². The second-order valence-corrected chi connectivity index (χ2v) is 8.14. The molecule has 32 heavy (non-hydrogen) atoms. The second kappa shape index (κ2) is 9.34. The average Bonchev–Trinajstić information content (AvgIpc) is 3.19. The minimum Gasteiger partial charge on any atom is -0.507 e. The molecule has 0 amide bonds. The lowest BCUT2D eigenvalue weighted by atomic mass is 9.97. The highest BCUT2D eigenvalue weighted by Crippen LogP contribution is 2.49. The fraction of sp³-hybridized carbons (Fsp3) is 0.364. The molecule has 8 nitrogen and oxygen atoms in total. The third kappa shape index (κ3) is 4.25. The van der Waals surface area contributed by atoms with Crippen LogP contribution in [0.15, 0.2) is 12.1 Å². The lowest BCUT2D eigenvalue weighted by molar-refractivity contribution is 0.0593. The summed E-state index contributed by atoms with van der Waals surface area (Å²) < 4.78 is 27.1. The van der Waals surface area contributed by atoms with Gasteiger partial charge in [-0.2, -0.15) is 0 Å². The van der Waals surface area contributed by atoms with Crippen LogP contribution in [-0.4, -0.2) is 43.0 Å². The quantitative estimate of drug-likeness (QED) is 0.431. The maximum atomic E-state index is 13.7. The van der Waals surface area contributed by atoms with Gasteiger partial charge in [0.15, 0.2) is 23.0 Å². The van der Waals surface area contributed by atoms with Crippen LogP contribution in [-0.2, 0) is 4.74 Å². The molecule has 10 heteroatoms. The number of hydrogen-bond acceptors (Lipinski definition) is 8. The van der Waals surface area contributed by atoms with Crippen LogP contribution in [0.3, 0.4) is 0 Å². The second-order valence-electron chi connectivity index (χ2n) is 7.38. The van der Waals surface area contributed by atoms with Crippen LogP contribution in [0.4, 0.5) is 0 Å². The highest BCUT2D eigenvalue weighted by Gasteiger charge is 2.36. The Morgan fingerprint density at radius 1 is 0.938 bits per heavy atom. The number of rotatable bonds is 7. The van der Waals surface area contributed by atoms with Gasteiger partial charge in [-0.25, -0.2) is 4.79 Å². The van der Waals surface area contributed by atoms with Gasteiger partial charge < -0.3 is 28.8 Å². The molecule has 0 bridgehead atoms. The molecule has 2 aromatic rings. The number of halogens is 2. The number of phenols is 1. The Morgan fingerprint density at radius 2 is 1.50 bits per heavy atom. The Kier molecular flexibility index (Phi) is 6.95. The summed E-state index contributed by atoms with van der Waals surface area (Å²) in [6.45, 7) is 6.73. The number of aromatic hydroxyl groups is 1. The summed E-state index contributed by atoms with van der Waals surface area (Å²) in [5, 5.41) is 10.0. The SMILES string of the molecule is COC(=O)c1c(Cl)c(OC(C)C)c(C(=O)c2c(O)ccc3c2OCO3)c(Cl)c1OC(C)C. The lowest BCUT2D eigenvalue weighted by Gasteiger charge is -2.23. The Labute approximate surface area is 194 Å². The molecule has 0 aliphatic carbocycles. The zero-order chi connectivity index (χ0) is 23.7. The molecule has 1 heterocycles. The van der Waals surface area contributed by atoms with Gasteiger partial charge in [-0.3, -0.25) is 4.79 Å². The van der Waals surface area contributed by atoms with E-state index in [9.17, 15) is 14.7 Å². The molecule has 0 unspecified atom stereocenters. The summed E-state index contributed by atoms with van der Waals surface area (Å²) >= 11 is 13.2. The molecule has 1 aliphatic rings. The molecule has 2 aromatic carbocycles.